The molecule has 2 aliphatic rings. The van der Waals surface area contributed by atoms with Crippen LogP contribution < -0.4 is 40.9 Å². The lowest BCUT2D eigenvalue weighted by atomic mass is 9.93. The number of hydrogen-bond donors (Lipinski definition) is 4. The van der Waals surface area contributed by atoms with Crippen LogP contribution in [0.4, 0.5) is 17.5 Å². The molecule has 2 aliphatic heterocycles. The first-order chi connectivity index (χ1) is 34.2. The number of likely N-dealkylation sites (N-methyl/N-ethyl adjacent to an activating group) is 1. The number of aromatic amines is 1. The molecule has 0 radical (unpaired) electrons. The third-order valence-electron chi connectivity index (χ3n) is 13.3. The van der Waals surface area contributed by atoms with Crippen LogP contribution in [0.2, 0.25) is 5.02 Å². The number of nitrogens with one attached hydrogen (secondary N) is 3. The standard InChI is InChI=1S/C52H60ClN11O7/c1-52(2,68)35-9-12-44(40(29-35)41-32-59(4)50(67)47-39(41)13-14-55-47)71-38-8-6-7-37(30-38)69-26-25-63-19-17-61(18-20-63)15-16-62-21-23-64(24-22-62)51-56-31-42(53)48(58-51)57-36-10-11-43-34(27-36)28-45(49(66)60(43)5)70-33-46(65)54-3/h6-14,27-32,55,68H,15-26,33H2,1-5H3,(H,54,65)(H,56,57,58). The normalized spacial score (nSPS) is 15.1. The second kappa shape index (κ2) is 21.2. The number of pyridine rings is 2. The smallest absolute Gasteiger partial charge is 0.293 e. The third-order valence-corrected chi connectivity index (χ3v) is 13.5. The van der Waals surface area contributed by atoms with E-state index >= 15 is 0 Å². The number of H-pyrrole nitrogens is 1. The van der Waals surface area contributed by atoms with Gasteiger partial charge >= 0.3 is 0 Å². The second-order valence-corrected chi connectivity index (χ2v) is 18.9. The number of nitrogens with zero attached hydrogens (tertiary/aromatic N) is 8. The van der Waals surface area contributed by atoms with E-state index in [1.54, 1.807) is 57.2 Å². The van der Waals surface area contributed by atoms with Crippen LogP contribution in [-0.2, 0) is 24.5 Å². The summed E-state index contributed by atoms with van der Waals surface area (Å²) in [6, 6.07) is 22.4. The summed E-state index contributed by atoms with van der Waals surface area (Å²) in [6.45, 7) is 13.9. The zero-order valence-electron chi connectivity index (χ0n) is 40.7. The molecule has 0 spiro atoms. The highest BCUT2D eigenvalue weighted by Gasteiger charge is 2.24. The van der Waals surface area contributed by atoms with Crippen molar-refractivity contribution in [1.29, 1.82) is 0 Å². The number of anilines is 3. The fourth-order valence-electron chi connectivity index (χ4n) is 9.02. The molecule has 4 N–H and O–H groups in total. The van der Waals surface area contributed by atoms with Gasteiger partial charge in [0.25, 0.3) is 17.0 Å². The van der Waals surface area contributed by atoms with Gasteiger partial charge in [-0.15, -0.1) is 0 Å². The van der Waals surface area contributed by atoms with E-state index in [1.807, 2.05) is 66.7 Å². The average Bonchev–Trinajstić information content (AvgIpc) is 3.87. The number of benzene rings is 3. The highest BCUT2D eigenvalue weighted by atomic mass is 35.5. The maximum atomic E-state index is 12.9. The van der Waals surface area contributed by atoms with Gasteiger partial charge in [-0.05, 0) is 74.0 Å². The van der Waals surface area contributed by atoms with E-state index in [2.05, 4.69) is 40.2 Å². The maximum absolute atomic E-state index is 12.9. The molecule has 0 aliphatic carbocycles. The molecule has 0 bridgehead atoms. The molecule has 2 saturated heterocycles. The van der Waals surface area contributed by atoms with E-state index in [1.165, 1.54) is 11.6 Å². The number of rotatable bonds is 17. The van der Waals surface area contributed by atoms with Crippen molar-refractivity contribution < 1.29 is 24.1 Å². The topological polar surface area (TPSA) is 188 Å². The van der Waals surface area contributed by atoms with E-state index in [9.17, 15) is 19.5 Å². The fourth-order valence-corrected chi connectivity index (χ4v) is 9.15. The lowest BCUT2D eigenvalue weighted by Gasteiger charge is -2.38. The molecule has 372 valence electrons. The molecule has 71 heavy (non-hydrogen) atoms. The number of carbonyl (C=O) groups excluding carboxylic acids is 1. The van der Waals surface area contributed by atoms with E-state index in [0.29, 0.717) is 51.7 Å². The molecular weight excluding hydrogens is 926 g/mol. The van der Waals surface area contributed by atoms with Crippen LogP contribution in [0.5, 0.6) is 23.0 Å². The summed E-state index contributed by atoms with van der Waals surface area (Å²) < 4.78 is 21.3. The molecule has 1 amide bonds. The lowest BCUT2D eigenvalue weighted by molar-refractivity contribution is -0.122. The van der Waals surface area contributed by atoms with Crippen LogP contribution in [0.25, 0.3) is 32.9 Å². The van der Waals surface area contributed by atoms with E-state index < -0.39 is 5.60 Å². The molecule has 0 saturated carbocycles. The summed E-state index contributed by atoms with van der Waals surface area (Å²) in [7, 11) is 4.90. The monoisotopic (exact) mass is 985 g/mol. The highest BCUT2D eigenvalue weighted by Crippen LogP contribution is 2.40. The van der Waals surface area contributed by atoms with Crippen LogP contribution in [0.3, 0.4) is 0 Å². The molecule has 9 rings (SSSR count). The Morgan fingerprint density at radius 3 is 2.27 bits per heavy atom. The number of amides is 1. The third kappa shape index (κ3) is 11.3. The first kappa shape index (κ1) is 49.0. The van der Waals surface area contributed by atoms with Crippen LogP contribution in [0.1, 0.15) is 19.4 Å². The van der Waals surface area contributed by atoms with Crippen LogP contribution >= 0.6 is 11.6 Å². The minimum absolute atomic E-state index is 0.0824. The van der Waals surface area contributed by atoms with Crippen molar-refractivity contribution in [3.63, 3.8) is 0 Å². The minimum Gasteiger partial charge on any atom is -0.492 e. The number of aryl methyl sites for hydroxylation is 2. The van der Waals surface area contributed by atoms with E-state index in [4.69, 9.17) is 30.8 Å². The summed E-state index contributed by atoms with van der Waals surface area (Å²) in [4.78, 5) is 59.5. The second-order valence-electron chi connectivity index (χ2n) is 18.5. The summed E-state index contributed by atoms with van der Waals surface area (Å²) >= 11 is 6.58. The Kier molecular flexibility index (Phi) is 14.6. The van der Waals surface area contributed by atoms with Crippen molar-refractivity contribution in [2.24, 2.45) is 14.1 Å². The molecule has 7 aromatic rings. The van der Waals surface area contributed by atoms with Crippen molar-refractivity contribution in [3.8, 4) is 34.1 Å². The highest BCUT2D eigenvalue weighted by molar-refractivity contribution is 6.33. The SMILES string of the molecule is CNC(=O)COc1cc2cc(Nc3nc(N4CCN(CCN5CCN(CCOc6cccc(Oc7ccc(C(C)(C)O)cc7-c7cn(C)c(=O)c8[nH]ccc78)c6)CC5)CC4)ncc3Cl)ccc2n(C)c1=O. The largest absolute Gasteiger partial charge is 0.492 e. The zero-order valence-corrected chi connectivity index (χ0v) is 41.5. The summed E-state index contributed by atoms with van der Waals surface area (Å²) in [5.41, 5.74) is 2.69. The quantitative estimate of drug-likeness (QED) is 0.0892. The van der Waals surface area contributed by atoms with E-state index in [-0.39, 0.29) is 29.4 Å². The van der Waals surface area contributed by atoms with Gasteiger partial charge in [0.2, 0.25) is 5.95 Å². The number of ether oxygens (including phenoxy) is 3. The van der Waals surface area contributed by atoms with Gasteiger partial charge in [0, 0.05) is 139 Å². The predicted octanol–water partition coefficient (Wildman–Crippen LogP) is 5.54. The van der Waals surface area contributed by atoms with Crippen LogP contribution in [-0.4, -0.2) is 142 Å². The lowest BCUT2D eigenvalue weighted by Crippen LogP contribution is -2.52. The minimum atomic E-state index is -1.08. The molecule has 6 heterocycles. The number of aliphatic hydroxyl groups is 1. The summed E-state index contributed by atoms with van der Waals surface area (Å²) in [5, 5.41) is 18.6. The first-order valence-corrected chi connectivity index (χ1v) is 24.2. The summed E-state index contributed by atoms with van der Waals surface area (Å²) in [5.74, 6) is 2.75. The van der Waals surface area contributed by atoms with Gasteiger partial charge in [-0.25, -0.2) is 4.98 Å². The van der Waals surface area contributed by atoms with Gasteiger partial charge in [-0.2, -0.15) is 4.98 Å². The first-order valence-electron chi connectivity index (χ1n) is 23.8. The van der Waals surface area contributed by atoms with Gasteiger partial charge < -0.3 is 49.0 Å². The molecule has 2 fully saturated rings. The molecule has 18 nitrogen and oxygen atoms in total. The van der Waals surface area contributed by atoms with Crippen molar-refractivity contribution in [3.05, 3.63) is 123 Å². The van der Waals surface area contributed by atoms with Crippen LogP contribution in [0.15, 0.2) is 101 Å². The van der Waals surface area contributed by atoms with Crippen molar-refractivity contribution in [2.45, 2.75) is 19.4 Å². The molecule has 0 atom stereocenters. The molecule has 4 aromatic heterocycles. The van der Waals surface area contributed by atoms with Crippen molar-refractivity contribution >= 4 is 56.8 Å². The predicted molar refractivity (Wildman–Crippen MR) is 277 cm³/mol. The van der Waals surface area contributed by atoms with E-state index in [0.717, 1.165) is 105 Å². The summed E-state index contributed by atoms with van der Waals surface area (Å²) in [6.07, 6.45) is 5.18. The Morgan fingerprint density at radius 1 is 0.817 bits per heavy atom. The number of halogens is 1. The zero-order chi connectivity index (χ0) is 49.8. The number of fused-ring (bicyclic) bond motifs is 2. The Labute approximate surface area is 416 Å². The average molecular weight is 987 g/mol. The fraction of sp³-hybridized carbons (Fsp3) is 0.365. The molecule has 3 aromatic carbocycles. The van der Waals surface area contributed by atoms with Crippen molar-refractivity contribution in [1.82, 2.24) is 44.1 Å². The number of aromatic nitrogens is 5. The Hall–Kier alpha value is -6.96. The van der Waals surface area contributed by atoms with Crippen LogP contribution in [0, 0.1) is 0 Å². The number of hydrogen-bond acceptors (Lipinski definition) is 14. The van der Waals surface area contributed by atoms with Gasteiger partial charge in [-0.3, -0.25) is 29.1 Å². The Bertz CT molecular complexity index is 3170. The van der Waals surface area contributed by atoms with Crippen molar-refractivity contribution in [2.75, 3.05) is 102 Å². The Morgan fingerprint density at radius 2 is 1.54 bits per heavy atom. The Balaban J connectivity index is 0.725. The van der Waals surface area contributed by atoms with Gasteiger partial charge in [0.15, 0.2) is 18.2 Å². The molecule has 0 unspecified atom stereocenters. The van der Waals surface area contributed by atoms with Gasteiger partial charge in [0.05, 0.1) is 17.3 Å². The maximum Gasteiger partial charge on any atom is 0.293 e. The van der Waals surface area contributed by atoms with Gasteiger partial charge in [-0.1, -0.05) is 23.7 Å². The number of carbonyl (C=O) groups is 1. The molecular formula is C52H60ClN11O7. The number of piperazine rings is 2. The molecule has 19 heteroatoms. The van der Waals surface area contributed by atoms with Gasteiger partial charge in [0.1, 0.15) is 34.4 Å².